The molecule has 0 atom stereocenters. The standard InChI is InChI=1S/C17H34N4O2.HI/c1-6-23-15(22)13-7-9-14(10-8-13)21-16(18-5)19-11-12-20-17(2,3)4;/h13-14,20H,6-12H2,1-5H3,(H2,18,19,21);1H. The lowest BCUT2D eigenvalue weighted by Gasteiger charge is -2.29. The molecule has 1 aliphatic rings. The van der Waals surface area contributed by atoms with Gasteiger partial charge in [0.2, 0.25) is 0 Å². The molecule has 0 spiro atoms. The highest BCUT2D eigenvalue weighted by atomic mass is 127. The molecular weight excluding hydrogens is 419 g/mol. The third kappa shape index (κ3) is 9.66. The summed E-state index contributed by atoms with van der Waals surface area (Å²) in [5.74, 6) is 0.862. The Labute approximate surface area is 164 Å². The molecule has 6 nitrogen and oxygen atoms in total. The maximum absolute atomic E-state index is 11.8. The first-order valence-corrected chi connectivity index (χ1v) is 8.74. The molecule has 24 heavy (non-hydrogen) atoms. The van der Waals surface area contributed by atoms with Crippen molar-refractivity contribution in [3.8, 4) is 0 Å². The number of carbonyl (C=O) groups excluding carboxylic acids is 1. The van der Waals surface area contributed by atoms with E-state index in [0.717, 1.165) is 44.7 Å². The van der Waals surface area contributed by atoms with Crippen molar-refractivity contribution in [3.63, 3.8) is 0 Å². The van der Waals surface area contributed by atoms with Crippen molar-refractivity contribution in [2.75, 3.05) is 26.7 Å². The highest BCUT2D eigenvalue weighted by Crippen LogP contribution is 2.25. The van der Waals surface area contributed by atoms with Crippen LogP contribution in [0.2, 0.25) is 0 Å². The van der Waals surface area contributed by atoms with Gasteiger partial charge in [-0.1, -0.05) is 0 Å². The van der Waals surface area contributed by atoms with Gasteiger partial charge in [-0.2, -0.15) is 0 Å². The Morgan fingerprint density at radius 2 is 1.79 bits per heavy atom. The number of rotatable bonds is 6. The van der Waals surface area contributed by atoms with E-state index in [-0.39, 0.29) is 41.4 Å². The van der Waals surface area contributed by atoms with Crippen LogP contribution in [0.4, 0.5) is 0 Å². The number of carbonyl (C=O) groups is 1. The molecule has 0 saturated heterocycles. The average molecular weight is 454 g/mol. The Kier molecular flexibility index (Phi) is 11.6. The largest absolute Gasteiger partial charge is 0.466 e. The topological polar surface area (TPSA) is 74.8 Å². The fourth-order valence-electron chi connectivity index (χ4n) is 2.74. The van der Waals surface area contributed by atoms with Crippen LogP contribution in [-0.4, -0.2) is 50.3 Å². The van der Waals surface area contributed by atoms with Crippen LogP contribution in [0.1, 0.15) is 53.4 Å². The molecule has 0 unspecified atom stereocenters. The molecule has 7 heteroatoms. The van der Waals surface area contributed by atoms with Crippen LogP contribution in [0.3, 0.4) is 0 Å². The molecule has 0 aliphatic heterocycles. The lowest BCUT2D eigenvalue weighted by molar-refractivity contribution is -0.149. The van der Waals surface area contributed by atoms with Gasteiger partial charge in [0.05, 0.1) is 12.5 Å². The second-order valence-corrected chi connectivity index (χ2v) is 7.12. The zero-order valence-corrected chi connectivity index (χ0v) is 18.1. The van der Waals surface area contributed by atoms with Gasteiger partial charge >= 0.3 is 5.97 Å². The Bertz CT molecular complexity index is 389. The van der Waals surface area contributed by atoms with E-state index < -0.39 is 0 Å². The molecule has 1 aliphatic carbocycles. The molecule has 0 aromatic heterocycles. The quantitative estimate of drug-likeness (QED) is 0.189. The lowest BCUT2D eigenvalue weighted by atomic mass is 9.86. The van der Waals surface area contributed by atoms with E-state index in [0.29, 0.717) is 12.6 Å². The van der Waals surface area contributed by atoms with Crippen molar-refractivity contribution in [1.82, 2.24) is 16.0 Å². The van der Waals surface area contributed by atoms with E-state index in [2.05, 4.69) is 41.7 Å². The molecule has 0 aromatic carbocycles. The fourth-order valence-corrected chi connectivity index (χ4v) is 2.74. The molecule has 1 rings (SSSR count). The molecule has 0 amide bonds. The molecule has 1 fully saturated rings. The first-order valence-electron chi connectivity index (χ1n) is 8.74. The molecule has 142 valence electrons. The minimum Gasteiger partial charge on any atom is -0.466 e. The number of hydrogen-bond donors (Lipinski definition) is 3. The summed E-state index contributed by atoms with van der Waals surface area (Å²) in [5.41, 5.74) is 0.129. The molecule has 0 radical (unpaired) electrons. The fraction of sp³-hybridized carbons (Fsp3) is 0.882. The summed E-state index contributed by atoms with van der Waals surface area (Å²) in [5, 5.41) is 10.2. The van der Waals surface area contributed by atoms with Crippen molar-refractivity contribution < 1.29 is 9.53 Å². The molecule has 0 heterocycles. The minimum atomic E-state index is -0.0401. The summed E-state index contributed by atoms with van der Waals surface area (Å²) in [7, 11) is 1.79. The summed E-state index contributed by atoms with van der Waals surface area (Å²) in [6.07, 6.45) is 3.73. The van der Waals surface area contributed by atoms with Gasteiger partial charge in [0, 0.05) is 31.7 Å². The van der Waals surface area contributed by atoms with Gasteiger partial charge in [0.25, 0.3) is 0 Å². The first-order chi connectivity index (χ1) is 10.9. The third-order valence-corrected chi connectivity index (χ3v) is 3.98. The van der Waals surface area contributed by atoms with E-state index in [1.807, 2.05) is 6.92 Å². The van der Waals surface area contributed by atoms with Crippen LogP contribution in [0.15, 0.2) is 4.99 Å². The average Bonchev–Trinajstić information content (AvgIpc) is 2.50. The van der Waals surface area contributed by atoms with Gasteiger partial charge < -0.3 is 20.7 Å². The number of guanidine groups is 1. The highest BCUT2D eigenvalue weighted by molar-refractivity contribution is 14.0. The number of esters is 1. The SMILES string of the molecule is CCOC(=O)C1CCC(NC(=NC)NCCNC(C)(C)C)CC1.I. The van der Waals surface area contributed by atoms with Gasteiger partial charge in [-0.05, 0) is 53.4 Å². The summed E-state index contributed by atoms with van der Waals surface area (Å²) in [4.78, 5) is 16.0. The van der Waals surface area contributed by atoms with Crippen molar-refractivity contribution in [2.45, 2.75) is 65.0 Å². The van der Waals surface area contributed by atoms with E-state index in [9.17, 15) is 4.79 Å². The van der Waals surface area contributed by atoms with Crippen LogP contribution in [-0.2, 0) is 9.53 Å². The zero-order valence-electron chi connectivity index (χ0n) is 15.8. The van der Waals surface area contributed by atoms with Gasteiger partial charge in [-0.3, -0.25) is 9.79 Å². The lowest BCUT2D eigenvalue weighted by Crippen LogP contribution is -2.48. The smallest absolute Gasteiger partial charge is 0.308 e. The molecule has 0 aromatic rings. The number of nitrogens with zero attached hydrogens (tertiary/aromatic N) is 1. The van der Waals surface area contributed by atoms with Gasteiger partial charge in [0.1, 0.15) is 0 Å². The van der Waals surface area contributed by atoms with Crippen LogP contribution in [0.25, 0.3) is 0 Å². The van der Waals surface area contributed by atoms with Gasteiger partial charge in [-0.15, -0.1) is 24.0 Å². The Hall–Kier alpha value is -0.570. The molecule has 0 bridgehead atoms. The van der Waals surface area contributed by atoms with Crippen molar-refractivity contribution in [1.29, 1.82) is 0 Å². The van der Waals surface area contributed by atoms with Crippen molar-refractivity contribution in [2.24, 2.45) is 10.9 Å². The van der Waals surface area contributed by atoms with Crippen molar-refractivity contribution in [3.05, 3.63) is 0 Å². The van der Waals surface area contributed by atoms with Gasteiger partial charge in [-0.25, -0.2) is 0 Å². The number of ether oxygens (including phenoxy) is 1. The Balaban J connectivity index is 0.00000529. The summed E-state index contributed by atoms with van der Waals surface area (Å²) < 4.78 is 5.11. The minimum absolute atomic E-state index is 0. The summed E-state index contributed by atoms with van der Waals surface area (Å²) >= 11 is 0. The zero-order chi connectivity index (χ0) is 17.3. The first kappa shape index (κ1) is 23.4. The van der Waals surface area contributed by atoms with E-state index >= 15 is 0 Å². The Morgan fingerprint density at radius 3 is 2.29 bits per heavy atom. The van der Waals surface area contributed by atoms with Crippen molar-refractivity contribution >= 4 is 35.9 Å². The van der Waals surface area contributed by atoms with E-state index in [1.165, 1.54) is 0 Å². The number of aliphatic imine (C=N–C) groups is 1. The highest BCUT2D eigenvalue weighted by Gasteiger charge is 2.27. The maximum atomic E-state index is 11.8. The van der Waals surface area contributed by atoms with Crippen LogP contribution in [0.5, 0.6) is 0 Å². The predicted molar refractivity (Wildman–Crippen MR) is 110 cm³/mol. The van der Waals surface area contributed by atoms with Crippen LogP contribution in [0, 0.1) is 5.92 Å². The van der Waals surface area contributed by atoms with E-state index in [1.54, 1.807) is 7.05 Å². The monoisotopic (exact) mass is 454 g/mol. The van der Waals surface area contributed by atoms with E-state index in [4.69, 9.17) is 4.74 Å². The normalized spacial score (nSPS) is 21.6. The van der Waals surface area contributed by atoms with Crippen LogP contribution < -0.4 is 16.0 Å². The van der Waals surface area contributed by atoms with Crippen LogP contribution >= 0.6 is 24.0 Å². The maximum Gasteiger partial charge on any atom is 0.308 e. The summed E-state index contributed by atoms with van der Waals surface area (Å²) in [6, 6.07) is 0.377. The number of halogens is 1. The second kappa shape index (κ2) is 11.9. The molecular formula is C17H35IN4O2. The summed E-state index contributed by atoms with van der Waals surface area (Å²) in [6.45, 7) is 10.5. The third-order valence-electron chi connectivity index (χ3n) is 3.98. The second-order valence-electron chi connectivity index (χ2n) is 7.12. The number of hydrogen-bond acceptors (Lipinski definition) is 4. The number of nitrogens with one attached hydrogen (secondary N) is 3. The van der Waals surface area contributed by atoms with Gasteiger partial charge in [0.15, 0.2) is 5.96 Å². The predicted octanol–water partition coefficient (Wildman–Crippen LogP) is 2.28. The Morgan fingerprint density at radius 1 is 1.17 bits per heavy atom. The molecule has 3 N–H and O–H groups in total. The molecule has 1 saturated carbocycles.